The molecule has 0 radical (unpaired) electrons. The molecule has 0 N–H and O–H groups in total. The van der Waals surface area contributed by atoms with Gasteiger partial charge in [-0.2, -0.15) is 0 Å². The minimum absolute atomic E-state index is 0.887. The zero-order chi connectivity index (χ0) is 13.9. The van der Waals surface area contributed by atoms with Crippen LogP contribution in [0.4, 0.5) is 0 Å². The molecule has 100 valence electrons. The molecule has 0 aliphatic heterocycles. The van der Waals surface area contributed by atoms with Crippen LogP contribution in [0.1, 0.15) is 0 Å². The highest BCUT2D eigenvalue weighted by molar-refractivity contribution is 9.10. The standard InChI is InChI=1S/C17H13BrOS/c1-19-15-8-4-13(5-9-15)17-11-10-16(20-17)12-2-6-14(18)7-3-12/h2-11H,1H3. The van der Waals surface area contributed by atoms with Gasteiger partial charge >= 0.3 is 0 Å². The summed E-state index contributed by atoms with van der Waals surface area (Å²) in [5.41, 5.74) is 2.47. The lowest BCUT2D eigenvalue weighted by Crippen LogP contribution is -1.81. The molecule has 0 unspecified atom stereocenters. The fraction of sp³-hybridized carbons (Fsp3) is 0.0588. The van der Waals surface area contributed by atoms with Gasteiger partial charge in [-0.25, -0.2) is 0 Å². The quantitative estimate of drug-likeness (QED) is 0.578. The maximum atomic E-state index is 5.19. The lowest BCUT2D eigenvalue weighted by molar-refractivity contribution is 0.415. The Labute approximate surface area is 131 Å². The van der Waals surface area contributed by atoms with Gasteiger partial charge in [-0.15, -0.1) is 11.3 Å². The van der Waals surface area contributed by atoms with Crippen LogP contribution in [0.25, 0.3) is 20.9 Å². The van der Waals surface area contributed by atoms with E-state index in [2.05, 4.69) is 64.5 Å². The molecule has 1 heterocycles. The minimum atomic E-state index is 0.887. The molecule has 2 aromatic carbocycles. The monoisotopic (exact) mass is 344 g/mol. The lowest BCUT2D eigenvalue weighted by atomic mass is 10.1. The Kier molecular flexibility index (Phi) is 3.90. The van der Waals surface area contributed by atoms with Crippen molar-refractivity contribution in [2.75, 3.05) is 7.11 Å². The number of rotatable bonds is 3. The SMILES string of the molecule is COc1ccc(-c2ccc(-c3ccc(Br)cc3)s2)cc1. The first kappa shape index (κ1) is 13.4. The van der Waals surface area contributed by atoms with E-state index in [4.69, 9.17) is 4.74 Å². The van der Waals surface area contributed by atoms with E-state index in [9.17, 15) is 0 Å². The number of benzene rings is 2. The van der Waals surface area contributed by atoms with Gasteiger partial charge in [-0.3, -0.25) is 0 Å². The first-order valence-corrected chi connectivity index (χ1v) is 7.87. The van der Waals surface area contributed by atoms with Crippen molar-refractivity contribution in [2.45, 2.75) is 0 Å². The molecule has 20 heavy (non-hydrogen) atoms. The van der Waals surface area contributed by atoms with Crippen LogP contribution >= 0.6 is 27.3 Å². The molecule has 0 spiro atoms. The number of hydrogen-bond donors (Lipinski definition) is 0. The summed E-state index contributed by atoms with van der Waals surface area (Å²) in [7, 11) is 1.69. The molecule has 0 saturated carbocycles. The second-order valence-corrected chi connectivity index (χ2v) is 6.40. The van der Waals surface area contributed by atoms with Gasteiger partial charge in [0, 0.05) is 14.2 Å². The van der Waals surface area contributed by atoms with Crippen molar-refractivity contribution in [1.82, 2.24) is 0 Å². The predicted molar refractivity (Wildman–Crippen MR) is 89.4 cm³/mol. The Morgan fingerprint density at radius 3 is 1.75 bits per heavy atom. The molecule has 0 fully saturated rings. The third-order valence-corrected chi connectivity index (χ3v) is 4.82. The second kappa shape index (κ2) is 5.81. The highest BCUT2D eigenvalue weighted by atomic mass is 79.9. The van der Waals surface area contributed by atoms with E-state index < -0.39 is 0 Å². The van der Waals surface area contributed by atoms with Crippen molar-refractivity contribution in [3.05, 3.63) is 65.1 Å². The van der Waals surface area contributed by atoms with Gasteiger partial charge in [0.05, 0.1) is 7.11 Å². The third kappa shape index (κ3) is 2.79. The summed E-state index contributed by atoms with van der Waals surface area (Å²) < 4.78 is 6.29. The summed E-state index contributed by atoms with van der Waals surface area (Å²) in [6, 6.07) is 20.9. The summed E-state index contributed by atoms with van der Waals surface area (Å²) in [5, 5.41) is 0. The summed E-state index contributed by atoms with van der Waals surface area (Å²) >= 11 is 5.27. The molecular weight excluding hydrogens is 332 g/mol. The third-order valence-electron chi connectivity index (χ3n) is 3.11. The van der Waals surface area contributed by atoms with E-state index in [0.717, 1.165) is 10.2 Å². The number of methoxy groups -OCH3 is 1. The smallest absolute Gasteiger partial charge is 0.118 e. The highest BCUT2D eigenvalue weighted by Gasteiger charge is 2.05. The molecule has 0 amide bonds. The molecule has 0 aliphatic rings. The van der Waals surface area contributed by atoms with Crippen LogP contribution in [0.5, 0.6) is 5.75 Å². The van der Waals surface area contributed by atoms with Gasteiger partial charge in [-0.1, -0.05) is 28.1 Å². The van der Waals surface area contributed by atoms with Gasteiger partial charge in [0.15, 0.2) is 0 Å². The largest absolute Gasteiger partial charge is 0.497 e. The van der Waals surface area contributed by atoms with Crippen LogP contribution in [-0.2, 0) is 0 Å². The van der Waals surface area contributed by atoms with Crippen molar-refractivity contribution >= 4 is 27.3 Å². The normalized spacial score (nSPS) is 10.5. The first-order valence-electron chi connectivity index (χ1n) is 6.26. The molecule has 1 aromatic heterocycles. The van der Waals surface area contributed by atoms with Crippen molar-refractivity contribution in [2.24, 2.45) is 0 Å². The number of ether oxygens (including phenoxy) is 1. The van der Waals surface area contributed by atoms with Crippen LogP contribution in [-0.4, -0.2) is 7.11 Å². The Morgan fingerprint density at radius 2 is 1.25 bits per heavy atom. The van der Waals surface area contributed by atoms with Crippen molar-refractivity contribution in [3.63, 3.8) is 0 Å². The van der Waals surface area contributed by atoms with Gasteiger partial charge in [-0.05, 0) is 59.7 Å². The van der Waals surface area contributed by atoms with Gasteiger partial charge in [0.25, 0.3) is 0 Å². The predicted octanol–water partition coefficient (Wildman–Crippen LogP) is 5.85. The summed E-state index contributed by atoms with van der Waals surface area (Å²) in [4.78, 5) is 2.55. The molecule has 3 aromatic rings. The fourth-order valence-electron chi connectivity index (χ4n) is 2.02. The van der Waals surface area contributed by atoms with E-state index in [1.807, 2.05) is 12.1 Å². The molecule has 0 saturated heterocycles. The Balaban J connectivity index is 1.91. The van der Waals surface area contributed by atoms with E-state index in [1.165, 1.54) is 20.9 Å². The topological polar surface area (TPSA) is 9.23 Å². The molecule has 1 nitrogen and oxygen atoms in total. The maximum absolute atomic E-state index is 5.19. The molecule has 3 rings (SSSR count). The van der Waals surface area contributed by atoms with Crippen molar-refractivity contribution in [1.29, 1.82) is 0 Å². The molecule has 0 atom stereocenters. The molecule has 3 heteroatoms. The van der Waals surface area contributed by atoms with Crippen LogP contribution in [0.3, 0.4) is 0 Å². The Bertz CT molecular complexity index is 699. The maximum Gasteiger partial charge on any atom is 0.118 e. The average molecular weight is 345 g/mol. The summed E-state index contributed by atoms with van der Waals surface area (Å²) in [6.45, 7) is 0. The Hall–Kier alpha value is -1.58. The molecule has 0 aliphatic carbocycles. The van der Waals surface area contributed by atoms with Crippen molar-refractivity contribution in [3.8, 4) is 26.6 Å². The van der Waals surface area contributed by atoms with Gasteiger partial charge < -0.3 is 4.74 Å². The molecule has 0 bridgehead atoms. The van der Waals surface area contributed by atoms with Gasteiger partial charge in [0.2, 0.25) is 0 Å². The number of thiophene rings is 1. The zero-order valence-corrected chi connectivity index (χ0v) is 13.4. The lowest BCUT2D eigenvalue weighted by Gasteiger charge is -2.01. The van der Waals surface area contributed by atoms with Gasteiger partial charge in [0.1, 0.15) is 5.75 Å². The Morgan fingerprint density at radius 1 is 0.750 bits per heavy atom. The fourth-order valence-corrected chi connectivity index (χ4v) is 3.30. The summed E-state index contributed by atoms with van der Waals surface area (Å²) in [6.07, 6.45) is 0. The average Bonchev–Trinajstić information content (AvgIpc) is 2.98. The highest BCUT2D eigenvalue weighted by Crippen LogP contribution is 2.35. The van der Waals surface area contributed by atoms with E-state index in [0.29, 0.717) is 0 Å². The molecular formula is C17H13BrOS. The number of hydrogen-bond acceptors (Lipinski definition) is 2. The van der Waals surface area contributed by atoms with E-state index in [1.54, 1.807) is 18.4 Å². The minimum Gasteiger partial charge on any atom is -0.497 e. The van der Waals surface area contributed by atoms with Crippen LogP contribution < -0.4 is 4.74 Å². The van der Waals surface area contributed by atoms with E-state index >= 15 is 0 Å². The second-order valence-electron chi connectivity index (χ2n) is 4.40. The van der Waals surface area contributed by atoms with E-state index in [-0.39, 0.29) is 0 Å². The van der Waals surface area contributed by atoms with Crippen LogP contribution in [0.2, 0.25) is 0 Å². The zero-order valence-electron chi connectivity index (χ0n) is 11.0. The van der Waals surface area contributed by atoms with Crippen LogP contribution in [0, 0.1) is 0 Å². The number of halogens is 1. The van der Waals surface area contributed by atoms with Crippen molar-refractivity contribution < 1.29 is 4.74 Å². The first-order chi connectivity index (χ1) is 9.76. The van der Waals surface area contributed by atoms with Crippen LogP contribution in [0.15, 0.2) is 65.1 Å². The summed E-state index contributed by atoms with van der Waals surface area (Å²) in [5.74, 6) is 0.887.